The van der Waals surface area contributed by atoms with Gasteiger partial charge in [0.2, 0.25) is 0 Å². The molecule has 2 fully saturated rings. The van der Waals surface area contributed by atoms with Gasteiger partial charge in [0, 0.05) is 31.8 Å². The lowest BCUT2D eigenvalue weighted by Crippen LogP contribution is -2.54. The molecular weight excluding hydrogens is 312 g/mol. The number of methoxy groups -OCH3 is 1. The van der Waals surface area contributed by atoms with Gasteiger partial charge in [-0.3, -0.25) is 15.0 Å². The SMILES string of the molecule is COc1cc(N2CCCCC2N2CCOCC2)c([N+](=O)[O-])cc1N. The van der Waals surface area contributed by atoms with E-state index in [0.717, 1.165) is 38.9 Å². The topological polar surface area (TPSA) is 94.1 Å². The van der Waals surface area contributed by atoms with Crippen LogP contribution in [0.2, 0.25) is 0 Å². The van der Waals surface area contributed by atoms with Crippen molar-refractivity contribution in [2.75, 3.05) is 50.6 Å². The molecule has 2 saturated heterocycles. The number of nitro groups is 1. The lowest BCUT2D eigenvalue weighted by Gasteiger charge is -2.45. The predicted octanol–water partition coefficient (Wildman–Crippen LogP) is 1.83. The monoisotopic (exact) mass is 336 g/mol. The van der Waals surface area contributed by atoms with Crippen LogP contribution >= 0.6 is 0 Å². The zero-order valence-electron chi connectivity index (χ0n) is 13.9. The van der Waals surface area contributed by atoms with Gasteiger partial charge in [0.05, 0.1) is 37.1 Å². The summed E-state index contributed by atoms with van der Waals surface area (Å²) in [5.41, 5.74) is 6.78. The zero-order chi connectivity index (χ0) is 17.1. The van der Waals surface area contributed by atoms with Gasteiger partial charge >= 0.3 is 0 Å². The normalized spacial score (nSPS) is 22.4. The molecule has 2 aliphatic rings. The molecule has 8 heteroatoms. The Hall–Kier alpha value is -2.06. The third-order valence-electron chi connectivity index (χ3n) is 4.77. The number of morpholine rings is 1. The second-order valence-electron chi connectivity index (χ2n) is 6.16. The predicted molar refractivity (Wildman–Crippen MR) is 91.4 cm³/mol. The molecule has 1 aromatic carbocycles. The number of hydrogen-bond acceptors (Lipinski definition) is 7. The minimum atomic E-state index is -0.365. The van der Waals surface area contributed by atoms with Crippen LogP contribution in [0, 0.1) is 10.1 Å². The fourth-order valence-corrected chi connectivity index (χ4v) is 3.58. The minimum Gasteiger partial charge on any atom is -0.495 e. The van der Waals surface area contributed by atoms with E-state index in [1.807, 2.05) is 0 Å². The summed E-state index contributed by atoms with van der Waals surface area (Å²) in [5.74, 6) is 0.474. The Bertz CT molecular complexity index is 604. The number of anilines is 2. The van der Waals surface area contributed by atoms with Gasteiger partial charge in [-0.2, -0.15) is 0 Å². The van der Waals surface area contributed by atoms with Crippen LogP contribution in [0.4, 0.5) is 17.1 Å². The summed E-state index contributed by atoms with van der Waals surface area (Å²) in [7, 11) is 1.52. The lowest BCUT2D eigenvalue weighted by atomic mass is 10.0. The van der Waals surface area contributed by atoms with Gasteiger partial charge in [-0.15, -0.1) is 0 Å². The first-order chi connectivity index (χ1) is 11.6. The molecule has 0 spiro atoms. The zero-order valence-corrected chi connectivity index (χ0v) is 13.9. The van der Waals surface area contributed by atoms with Gasteiger partial charge in [0.15, 0.2) is 0 Å². The maximum Gasteiger partial charge on any atom is 0.294 e. The molecule has 1 aromatic rings. The van der Waals surface area contributed by atoms with E-state index in [-0.39, 0.29) is 22.5 Å². The Morgan fingerprint density at radius 3 is 2.71 bits per heavy atom. The highest BCUT2D eigenvalue weighted by Crippen LogP contribution is 2.39. The number of nitrogens with two attached hydrogens (primary N) is 1. The first-order valence-electron chi connectivity index (χ1n) is 8.32. The summed E-state index contributed by atoms with van der Waals surface area (Å²) < 4.78 is 10.7. The third kappa shape index (κ3) is 3.25. The van der Waals surface area contributed by atoms with Crippen LogP contribution in [-0.4, -0.2) is 55.9 Å². The molecule has 0 saturated carbocycles. The molecule has 3 rings (SSSR count). The molecule has 24 heavy (non-hydrogen) atoms. The van der Waals surface area contributed by atoms with Gasteiger partial charge in [0.25, 0.3) is 5.69 Å². The summed E-state index contributed by atoms with van der Waals surface area (Å²) in [5, 5.41) is 11.5. The first-order valence-corrected chi connectivity index (χ1v) is 8.32. The van der Waals surface area contributed by atoms with E-state index in [0.29, 0.717) is 24.7 Å². The summed E-state index contributed by atoms with van der Waals surface area (Å²) in [4.78, 5) is 15.7. The average Bonchev–Trinajstić information content (AvgIpc) is 2.62. The number of benzene rings is 1. The van der Waals surface area contributed by atoms with Crippen LogP contribution in [0.25, 0.3) is 0 Å². The molecule has 8 nitrogen and oxygen atoms in total. The number of nitro benzene ring substituents is 1. The van der Waals surface area contributed by atoms with Crippen molar-refractivity contribution in [2.24, 2.45) is 0 Å². The Morgan fingerprint density at radius 1 is 1.29 bits per heavy atom. The first kappa shape index (κ1) is 16.8. The van der Waals surface area contributed by atoms with Gasteiger partial charge in [-0.05, 0) is 19.3 Å². The number of ether oxygens (including phenoxy) is 2. The molecule has 1 atom stereocenters. The van der Waals surface area contributed by atoms with E-state index in [9.17, 15) is 10.1 Å². The van der Waals surface area contributed by atoms with Crippen molar-refractivity contribution in [3.05, 3.63) is 22.2 Å². The number of nitrogen functional groups attached to an aromatic ring is 1. The molecule has 0 bridgehead atoms. The van der Waals surface area contributed by atoms with Crippen molar-refractivity contribution in [3.63, 3.8) is 0 Å². The van der Waals surface area contributed by atoms with Crippen molar-refractivity contribution in [1.82, 2.24) is 4.90 Å². The molecular formula is C16H24N4O4. The largest absolute Gasteiger partial charge is 0.495 e. The van der Waals surface area contributed by atoms with Crippen LogP contribution < -0.4 is 15.4 Å². The van der Waals surface area contributed by atoms with Crippen molar-refractivity contribution in [1.29, 1.82) is 0 Å². The standard InChI is InChI=1S/C16H24N4O4/c1-23-15-11-13(14(20(21)22)10-12(15)17)19-5-3-2-4-16(19)18-6-8-24-9-7-18/h10-11,16H,2-9,17H2,1H3. The minimum absolute atomic E-state index is 0.0356. The molecule has 0 radical (unpaired) electrons. The van der Waals surface area contributed by atoms with Crippen molar-refractivity contribution < 1.29 is 14.4 Å². The number of hydrogen-bond donors (Lipinski definition) is 1. The van der Waals surface area contributed by atoms with Crippen LogP contribution in [0.1, 0.15) is 19.3 Å². The van der Waals surface area contributed by atoms with E-state index in [1.54, 1.807) is 6.07 Å². The van der Waals surface area contributed by atoms with Crippen molar-refractivity contribution in [2.45, 2.75) is 25.4 Å². The van der Waals surface area contributed by atoms with E-state index in [4.69, 9.17) is 15.2 Å². The highest BCUT2D eigenvalue weighted by molar-refractivity contribution is 5.74. The molecule has 1 unspecified atom stereocenters. The number of nitrogens with zero attached hydrogens (tertiary/aromatic N) is 3. The number of rotatable bonds is 4. The van der Waals surface area contributed by atoms with Crippen LogP contribution in [-0.2, 0) is 4.74 Å². The van der Waals surface area contributed by atoms with Gasteiger partial charge < -0.3 is 20.1 Å². The molecule has 0 aliphatic carbocycles. The Labute approximate surface area is 141 Å². The number of piperidine rings is 1. The quantitative estimate of drug-likeness (QED) is 0.509. The van der Waals surface area contributed by atoms with Crippen LogP contribution in [0.15, 0.2) is 12.1 Å². The Kier molecular flexibility index (Phi) is 5.06. The molecule has 0 aromatic heterocycles. The summed E-state index contributed by atoms with van der Waals surface area (Å²) >= 11 is 0. The fraction of sp³-hybridized carbons (Fsp3) is 0.625. The van der Waals surface area contributed by atoms with Crippen LogP contribution in [0.5, 0.6) is 5.75 Å². The van der Waals surface area contributed by atoms with E-state index >= 15 is 0 Å². The second kappa shape index (κ2) is 7.23. The molecule has 0 amide bonds. The average molecular weight is 336 g/mol. The molecule has 2 heterocycles. The van der Waals surface area contributed by atoms with Crippen LogP contribution in [0.3, 0.4) is 0 Å². The maximum atomic E-state index is 11.5. The Balaban J connectivity index is 1.98. The smallest absolute Gasteiger partial charge is 0.294 e. The van der Waals surface area contributed by atoms with E-state index in [2.05, 4.69) is 9.80 Å². The van der Waals surface area contributed by atoms with Crippen molar-refractivity contribution >= 4 is 17.1 Å². The third-order valence-corrected chi connectivity index (χ3v) is 4.77. The highest BCUT2D eigenvalue weighted by atomic mass is 16.6. The summed E-state index contributed by atoms with van der Waals surface area (Å²) in [6.07, 6.45) is 3.28. The maximum absolute atomic E-state index is 11.5. The second-order valence-corrected chi connectivity index (χ2v) is 6.16. The summed E-state index contributed by atoms with van der Waals surface area (Å²) in [6, 6.07) is 3.10. The van der Waals surface area contributed by atoms with Crippen molar-refractivity contribution in [3.8, 4) is 5.75 Å². The van der Waals surface area contributed by atoms with Gasteiger partial charge in [-0.1, -0.05) is 0 Å². The van der Waals surface area contributed by atoms with E-state index < -0.39 is 0 Å². The van der Waals surface area contributed by atoms with Gasteiger partial charge in [0.1, 0.15) is 11.4 Å². The van der Waals surface area contributed by atoms with E-state index in [1.165, 1.54) is 13.2 Å². The Morgan fingerprint density at radius 2 is 2.04 bits per heavy atom. The fourth-order valence-electron chi connectivity index (χ4n) is 3.58. The molecule has 2 aliphatic heterocycles. The molecule has 132 valence electrons. The highest BCUT2D eigenvalue weighted by Gasteiger charge is 2.33. The van der Waals surface area contributed by atoms with Gasteiger partial charge in [-0.25, -0.2) is 0 Å². The lowest BCUT2D eigenvalue weighted by molar-refractivity contribution is -0.384. The molecule has 2 N–H and O–H groups in total. The summed E-state index contributed by atoms with van der Waals surface area (Å²) in [6.45, 7) is 3.90.